The molecule has 0 aromatic heterocycles. The lowest BCUT2D eigenvalue weighted by Gasteiger charge is -2.18. The minimum Gasteiger partial charge on any atom is -0.497 e. The van der Waals surface area contributed by atoms with E-state index in [-0.39, 0.29) is 12.3 Å². The predicted octanol–water partition coefficient (Wildman–Crippen LogP) is 0.538. The highest BCUT2D eigenvalue weighted by atomic mass is 16.5. The molecule has 0 saturated carbocycles. The van der Waals surface area contributed by atoms with Crippen LogP contribution in [0.2, 0.25) is 0 Å². The maximum Gasteiger partial charge on any atom is 0.223 e. The quantitative estimate of drug-likeness (QED) is 0.852. The topological polar surface area (TPSA) is 81.9 Å². The molecule has 20 heavy (non-hydrogen) atoms. The second-order valence-corrected chi connectivity index (χ2v) is 4.76. The van der Waals surface area contributed by atoms with Gasteiger partial charge in [0, 0.05) is 31.1 Å². The van der Waals surface area contributed by atoms with Crippen molar-refractivity contribution in [2.45, 2.75) is 13.0 Å². The van der Waals surface area contributed by atoms with Crippen LogP contribution in [0.25, 0.3) is 0 Å². The average Bonchev–Trinajstić information content (AvgIpc) is 2.81. The van der Waals surface area contributed by atoms with E-state index in [1.165, 1.54) is 0 Å². The van der Waals surface area contributed by atoms with Gasteiger partial charge in [0.05, 0.1) is 20.1 Å². The van der Waals surface area contributed by atoms with Crippen LogP contribution >= 0.6 is 0 Å². The highest BCUT2D eigenvalue weighted by Gasteiger charge is 2.33. The van der Waals surface area contributed by atoms with Gasteiger partial charge < -0.3 is 20.1 Å². The summed E-state index contributed by atoms with van der Waals surface area (Å²) in [6.07, 6.45) is 0.188. The van der Waals surface area contributed by atoms with Gasteiger partial charge in [0.1, 0.15) is 11.5 Å². The zero-order chi connectivity index (χ0) is 14.7. The van der Waals surface area contributed by atoms with Crippen LogP contribution in [0.5, 0.6) is 11.5 Å². The minimum absolute atomic E-state index is 0.0633. The van der Waals surface area contributed by atoms with E-state index in [4.69, 9.17) is 15.2 Å². The van der Waals surface area contributed by atoms with Gasteiger partial charge in [-0.2, -0.15) is 0 Å². The third-order valence-corrected chi connectivity index (χ3v) is 3.47. The molecular weight excluding hydrogens is 260 g/mol. The van der Waals surface area contributed by atoms with Crippen molar-refractivity contribution < 1.29 is 19.1 Å². The number of amides is 2. The van der Waals surface area contributed by atoms with E-state index in [1.54, 1.807) is 25.2 Å². The molecule has 1 aromatic carbocycles. The smallest absolute Gasteiger partial charge is 0.223 e. The summed E-state index contributed by atoms with van der Waals surface area (Å²) in [5.41, 5.74) is 6.12. The average molecular weight is 278 g/mol. The number of ether oxygens (including phenoxy) is 2. The van der Waals surface area contributed by atoms with Crippen LogP contribution in [0.3, 0.4) is 0 Å². The molecule has 1 heterocycles. The van der Waals surface area contributed by atoms with E-state index in [0.29, 0.717) is 24.6 Å². The molecule has 0 bridgehead atoms. The molecule has 1 fully saturated rings. The van der Waals surface area contributed by atoms with Gasteiger partial charge in [0.25, 0.3) is 0 Å². The summed E-state index contributed by atoms with van der Waals surface area (Å²) in [4.78, 5) is 24.6. The zero-order valence-electron chi connectivity index (χ0n) is 11.6. The lowest BCUT2D eigenvalue weighted by Crippen LogP contribution is -2.28. The highest BCUT2D eigenvalue weighted by molar-refractivity contribution is 5.88. The largest absolute Gasteiger partial charge is 0.497 e. The Labute approximate surface area is 117 Å². The molecule has 108 valence electrons. The van der Waals surface area contributed by atoms with Gasteiger partial charge in [-0.05, 0) is 12.1 Å². The number of methoxy groups -OCH3 is 2. The molecule has 1 aliphatic rings. The Balaban J connectivity index is 2.14. The van der Waals surface area contributed by atoms with Crippen molar-refractivity contribution in [2.24, 2.45) is 11.7 Å². The normalized spacial score (nSPS) is 18.2. The van der Waals surface area contributed by atoms with Gasteiger partial charge in [-0.1, -0.05) is 0 Å². The molecule has 0 aliphatic carbocycles. The molecule has 1 aromatic rings. The molecule has 1 aliphatic heterocycles. The van der Waals surface area contributed by atoms with Crippen LogP contribution < -0.4 is 15.2 Å². The fourth-order valence-electron chi connectivity index (χ4n) is 2.30. The number of primary amides is 1. The minimum atomic E-state index is -0.428. The van der Waals surface area contributed by atoms with Gasteiger partial charge in [0.2, 0.25) is 11.8 Å². The molecule has 1 unspecified atom stereocenters. The number of rotatable bonds is 5. The van der Waals surface area contributed by atoms with Gasteiger partial charge in [0.15, 0.2) is 0 Å². The number of benzene rings is 1. The second-order valence-electron chi connectivity index (χ2n) is 4.76. The van der Waals surface area contributed by atoms with Crippen molar-refractivity contribution in [3.63, 3.8) is 0 Å². The summed E-state index contributed by atoms with van der Waals surface area (Å²) in [5.74, 6) is 0.453. The summed E-state index contributed by atoms with van der Waals surface area (Å²) in [6.45, 7) is 0.763. The Morgan fingerprint density at radius 2 is 2.15 bits per heavy atom. The number of carbonyl (C=O) groups is 2. The van der Waals surface area contributed by atoms with Gasteiger partial charge in [-0.3, -0.25) is 9.59 Å². The summed E-state index contributed by atoms with van der Waals surface area (Å²) >= 11 is 0. The van der Waals surface area contributed by atoms with Gasteiger partial charge in [-0.25, -0.2) is 0 Å². The van der Waals surface area contributed by atoms with E-state index in [1.807, 2.05) is 12.1 Å². The Bertz CT molecular complexity index is 530. The van der Waals surface area contributed by atoms with E-state index < -0.39 is 11.8 Å². The van der Waals surface area contributed by atoms with Crippen LogP contribution in [-0.2, 0) is 16.1 Å². The molecule has 0 radical (unpaired) electrons. The van der Waals surface area contributed by atoms with E-state index in [9.17, 15) is 9.59 Å². The molecule has 2 amide bonds. The molecule has 0 spiro atoms. The molecule has 6 heteroatoms. The van der Waals surface area contributed by atoms with Crippen LogP contribution in [0.1, 0.15) is 12.0 Å². The molecule has 1 saturated heterocycles. The maximum atomic E-state index is 11.9. The third-order valence-electron chi connectivity index (χ3n) is 3.47. The number of hydrogen-bond acceptors (Lipinski definition) is 4. The van der Waals surface area contributed by atoms with Crippen molar-refractivity contribution in [1.82, 2.24) is 4.90 Å². The summed E-state index contributed by atoms with van der Waals surface area (Å²) in [5, 5.41) is 0. The monoisotopic (exact) mass is 278 g/mol. The SMILES string of the molecule is COc1ccc(CN2CC(C(N)=O)CC2=O)c(OC)c1. The Kier molecular flexibility index (Phi) is 4.12. The van der Waals surface area contributed by atoms with E-state index in [2.05, 4.69) is 0 Å². The number of carbonyl (C=O) groups excluding carboxylic acids is 2. The number of likely N-dealkylation sites (tertiary alicyclic amines) is 1. The third kappa shape index (κ3) is 2.84. The first-order chi connectivity index (χ1) is 9.55. The number of hydrogen-bond donors (Lipinski definition) is 1. The van der Waals surface area contributed by atoms with Gasteiger partial charge >= 0.3 is 0 Å². The first kappa shape index (κ1) is 14.2. The first-order valence-electron chi connectivity index (χ1n) is 6.33. The van der Waals surface area contributed by atoms with Crippen LogP contribution in [0.15, 0.2) is 18.2 Å². The van der Waals surface area contributed by atoms with E-state index in [0.717, 1.165) is 5.56 Å². The van der Waals surface area contributed by atoms with Gasteiger partial charge in [-0.15, -0.1) is 0 Å². The lowest BCUT2D eigenvalue weighted by atomic mass is 10.1. The fourth-order valence-corrected chi connectivity index (χ4v) is 2.30. The molecular formula is C14H18N2O4. The van der Waals surface area contributed by atoms with Crippen molar-refractivity contribution in [2.75, 3.05) is 20.8 Å². The Hall–Kier alpha value is -2.24. The molecule has 2 N–H and O–H groups in total. The maximum absolute atomic E-state index is 11.9. The fraction of sp³-hybridized carbons (Fsp3) is 0.429. The lowest BCUT2D eigenvalue weighted by molar-refractivity contribution is -0.128. The Morgan fingerprint density at radius 1 is 1.40 bits per heavy atom. The summed E-state index contributed by atoms with van der Waals surface area (Å²) in [6, 6.07) is 5.42. The summed E-state index contributed by atoms with van der Waals surface area (Å²) < 4.78 is 10.4. The van der Waals surface area contributed by atoms with Crippen LogP contribution in [0, 0.1) is 5.92 Å². The summed E-state index contributed by atoms with van der Waals surface area (Å²) in [7, 11) is 3.15. The first-order valence-corrected chi connectivity index (χ1v) is 6.33. The van der Waals surface area contributed by atoms with Crippen molar-refractivity contribution in [1.29, 1.82) is 0 Å². The van der Waals surface area contributed by atoms with E-state index >= 15 is 0 Å². The predicted molar refractivity (Wildman–Crippen MR) is 72.3 cm³/mol. The molecule has 6 nitrogen and oxygen atoms in total. The second kappa shape index (κ2) is 5.81. The number of nitrogens with zero attached hydrogens (tertiary/aromatic N) is 1. The Morgan fingerprint density at radius 3 is 2.70 bits per heavy atom. The van der Waals surface area contributed by atoms with Crippen molar-refractivity contribution >= 4 is 11.8 Å². The number of nitrogens with two attached hydrogens (primary N) is 1. The van der Waals surface area contributed by atoms with Crippen LogP contribution in [-0.4, -0.2) is 37.5 Å². The standard InChI is InChI=1S/C14H18N2O4/c1-19-11-4-3-9(12(6-11)20-2)7-16-8-10(14(15)18)5-13(16)17/h3-4,6,10H,5,7-8H2,1-2H3,(H2,15,18). The molecule has 1 atom stereocenters. The highest BCUT2D eigenvalue weighted by Crippen LogP contribution is 2.28. The van der Waals surface area contributed by atoms with Crippen molar-refractivity contribution in [3.8, 4) is 11.5 Å². The molecule has 2 rings (SSSR count). The van der Waals surface area contributed by atoms with Crippen molar-refractivity contribution in [3.05, 3.63) is 23.8 Å². The zero-order valence-corrected chi connectivity index (χ0v) is 11.6. The van der Waals surface area contributed by atoms with Crippen LogP contribution in [0.4, 0.5) is 0 Å².